The SMILES string of the molecule is NC1CC2CCCC(C1)C2NC(=O)c1cc(=O)[nH]c2ccc([N+](=O)[O-])cc12. The number of aromatic nitrogens is 1. The van der Waals surface area contributed by atoms with Crippen LogP contribution in [0.1, 0.15) is 42.5 Å². The first-order valence-corrected chi connectivity index (χ1v) is 9.30. The first-order chi connectivity index (χ1) is 12.9. The van der Waals surface area contributed by atoms with Gasteiger partial charge in [-0.1, -0.05) is 6.42 Å². The van der Waals surface area contributed by atoms with E-state index in [0.717, 1.165) is 32.1 Å². The first kappa shape index (κ1) is 17.7. The summed E-state index contributed by atoms with van der Waals surface area (Å²) in [5, 5.41) is 14.6. The third-order valence-corrected chi connectivity index (χ3v) is 5.96. The molecule has 4 rings (SSSR count). The highest BCUT2D eigenvalue weighted by atomic mass is 16.6. The van der Waals surface area contributed by atoms with E-state index in [4.69, 9.17) is 5.73 Å². The Kier molecular flexibility index (Phi) is 4.43. The standard InChI is InChI=1S/C19H22N4O4/c20-12-6-10-2-1-3-11(7-12)18(10)22-19(25)15-9-17(24)21-16-5-4-13(23(26)27)8-14(15)16/h4-5,8-12,18H,1-3,6-7,20H2,(H,21,24)(H,22,25). The number of aromatic amines is 1. The summed E-state index contributed by atoms with van der Waals surface area (Å²) >= 11 is 0. The van der Waals surface area contributed by atoms with Gasteiger partial charge >= 0.3 is 0 Å². The highest BCUT2D eigenvalue weighted by Gasteiger charge is 2.40. The van der Waals surface area contributed by atoms with Crippen molar-refractivity contribution in [3.05, 3.63) is 50.3 Å². The molecule has 2 aliphatic rings. The maximum atomic E-state index is 13.0. The van der Waals surface area contributed by atoms with Crippen LogP contribution in [0.5, 0.6) is 0 Å². The number of H-pyrrole nitrogens is 1. The molecular formula is C19H22N4O4. The van der Waals surface area contributed by atoms with Crippen molar-refractivity contribution in [2.75, 3.05) is 0 Å². The molecule has 27 heavy (non-hydrogen) atoms. The summed E-state index contributed by atoms with van der Waals surface area (Å²) in [6, 6.07) is 5.53. The second-order valence-electron chi connectivity index (χ2n) is 7.72. The Morgan fingerprint density at radius 3 is 2.59 bits per heavy atom. The predicted octanol–water partition coefficient (Wildman–Crippen LogP) is 2.07. The van der Waals surface area contributed by atoms with Crippen LogP contribution in [0.25, 0.3) is 10.9 Å². The first-order valence-electron chi connectivity index (χ1n) is 9.30. The van der Waals surface area contributed by atoms with Gasteiger partial charge in [0.05, 0.1) is 10.5 Å². The number of hydrogen-bond donors (Lipinski definition) is 3. The number of carbonyl (C=O) groups excluding carboxylic acids is 1. The molecule has 8 heteroatoms. The van der Waals surface area contributed by atoms with Gasteiger partial charge in [0.2, 0.25) is 5.56 Å². The van der Waals surface area contributed by atoms with Crippen LogP contribution >= 0.6 is 0 Å². The van der Waals surface area contributed by atoms with Gasteiger partial charge in [0.25, 0.3) is 11.6 Å². The van der Waals surface area contributed by atoms with Gasteiger partial charge in [-0.05, 0) is 43.6 Å². The monoisotopic (exact) mass is 370 g/mol. The van der Waals surface area contributed by atoms with Crippen molar-refractivity contribution in [1.82, 2.24) is 10.3 Å². The summed E-state index contributed by atoms with van der Waals surface area (Å²) in [6.45, 7) is 0. The molecule has 0 spiro atoms. The molecule has 0 aliphatic heterocycles. The van der Waals surface area contributed by atoms with E-state index >= 15 is 0 Å². The molecule has 1 aromatic carbocycles. The topological polar surface area (TPSA) is 131 Å². The lowest BCUT2D eigenvalue weighted by atomic mass is 9.67. The number of hydrogen-bond acceptors (Lipinski definition) is 5. The molecule has 2 aliphatic carbocycles. The fourth-order valence-corrected chi connectivity index (χ4v) is 4.80. The van der Waals surface area contributed by atoms with Gasteiger partial charge in [0, 0.05) is 41.2 Å². The minimum absolute atomic E-state index is 0.0408. The molecule has 4 N–H and O–H groups in total. The largest absolute Gasteiger partial charge is 0.349 e. The minimum Gasteiger partial charge on any atom is -0.349 e. The molecule has 2 aromatic rings. The van der Waals surface area contributed by atoms with Crippen molar-refractivity contribution in [2.45, 2.75) is 44.2 Å². The zero-order chi connectivity index (χ0) is 19.1. The van der Waals surface area contributed by atoms with Crippen LogP contribution in [-0.4, -0.2) is 27.9 Å². The van der Waals surface area contributed by atoms with Crippen molar-refractivity contribution < 1.29 is 9.72 Å². The molecule has 142 valence electrons. The van der Waals surface area contributed by atoms with E-state index in [1.807, 2.05) is 0 Å². The number of fused-ring (bicyclic) bond motifs is 3. The van der Waals surface area contributed by atoms with Gasteiger partial charge < -0.3 is 16.0 Å². The Labute approximate surface area is 155 Å². The normalized spacial score (nSPS) is 27.3. The molecule has 0 saturated heterocycles. The second-order valence-corrected chi connectivity index (χ2v) is 7.72. The van der Waals surface area contributed by atoms with E-state index in [-0.39, 0.29) is 29.2 Å². The van der Waals surface area contributed by atoms with Crippen LogP contribution in [0.3, 0.4) is 0 Å². The molecule has 1 amide bonds. The third kappa shape index (κ3) is 3.32. The number of pyridine rings is 1. The number of amides is 1. The van der Waals surface area contributed by atoms with Crippen LogP contribution in [0, 0.1) is 22.0 Å². The lowest BCUT2D eigenvalue weighted by Crippen LogP contribution is -2.53. The number of rotatable bonds is 3. The number of nitrogens with one attached hydrogen (secondary N) is 2. The fraction of sp³-hybridized carbons (Fsp3) is 0.474. The summed E-state index contributed by atoms with van der Waals surface area (Å²) in [5.41, 5.74) is 6.19. The fourth-order valence-electron chi connectivity index (χ4n) is 4.80. The predicted molar refractivity (Wildman–Crippen MR) is 101 cm³/mol. The van der Waals surface area contributed by atoms with E-state index in [1.165, 1.54) is 24.3 Å². The van der Waals surface area contributed by atoms with Crippen LogP contribution in [-0.2, 0) is 0 Å². The van der Waals surface area contributed by atoms with Crippen molar-refractivity contribution >= 4 is 22.5 Å². The Morgan fingerprint density at radius 2 is 1.93 bits per heavy atom. The van der Waals surface area contributed by atoms with Gasteiger partial charge in [-0.2, -0.15) is 0 Å². The highest BCUT2D eigenvalue weighted by molar-refractivity contribution is 6.06. The van der Waals surface area contributed by atoms with Crippen molar-refractivity contribution in [2.24, 2.45) is 17.6 Å². The molecular weight excluding hydrogens is 348 g/mol. The Morgan fingerprint density at radius 1 is 1.22 bits per heavy atom. The average molecular weight is 370 g/mol. The molecule has 0 radical (unpaired) electrons. The highest BCUT2D eigenvalue weighted by Crippen LogP contribution is 2.39. The van der Waals surface area contributed by atoms with E-state index in [0.29, 0.717) is 22.7 Å². The maximum absolute atomic E-state index is 13.0. The summed E-state index contributed by atoms with van der Waals surface area (Å²) < 4.78 is 0. The minimum atomic E-state index is -0.515. The summed E-state index contributed by atoms with van der Waals surface area (Å²) in [6.07, 6.45) is 5.01. The van der Waals surface area contributed by atoms with E-state index in [2.05, 4.69) is 10.3 Å². The zero-order valence-corrected chi connectivity index (χ0v) is 14.8. The van der Waals surface area contributed by atoms with Gasteiger partial charge in [-0.3, -0.25) is 19.7 Å². The van der Waals surface area contributed by atoms with E-state index < -0.39 is 10.5 Å². The molecule has 1 heterocycles. The summed E-state index contributed by atoms with van der Waals surface area (Å²) in [7, 11) is 0. The third-order valence-electron chi connectivity index (χ3n) is 5.96. The number of carbonyl (C=O) groups is 1. The lowest BCUT2D eigenvalue weighted by molar-refractivity contribution is -0.384. The molecule has 2 bridgehead atoms. The summed E-state index contributed by atoms with van der Waals surface area (Å²) in [4.78, 5) is 38.2. The van der Waals surface area contributed by atoms with E-state index in [1.54, 1.807) is 0 Å². The molecule has 1 aromatic heterocycles. The number of nitro groups is 1. The van der Waals surface area contributed by atoms with Gasteiger partial charge in [0.1, 0.15) is 0 Å². The van der Waals surface area contributed by atoms with Crippen LogP contribution in [0.4, 0.5) is 5.69 Å². The zero-order valence-electron chi connectivity index (χ0n) is 14.8. The lowest BCUT2D eigenvalue weighted by Gasteiger charge is -2.45. The average Bonchev–Trinajstić information content (AvgIpc) is 2.61. The van der Waals surface area contributed by atoms with Crippen LogP contribution in [0.15, 0.2) is 29.1 Å². The van der Waals surface area contributed by atoms with Gasteiger partial charge in [-0.15, -0.1) is 0 Å². The molecule has 2 atom stereocenters. The van der Waals surface area contributed by atoms with Crippen molar-refractivity contribution in [3.63, 3.8) is 0 Å². The number of nitrogens with zero attached hydrogens (tertiary/aromatic N) is 1. The van der Waals surface area contributed by atoms with Crippen molar-refractivity contribution in [1.29, 1.82) is 0 Å². The molecule has 2 saturated carbocycles. The Balaban J connectivity index is 1.69. The number of nitro benzene ring substituents is 1. The Hall–Kier alpha value is -2.74. The quantitative estimate of drug-likeness (QED) is 0.562. The maximum Gasteiger partial charge on any atom is 0.270 e. The molecule has 8 nitrogen and oxygen atoms in total. The van der Waals surface area contributed by atoms with E-state index in [9.17, 15) is 19.7 Å². The molecule has 2 unspecified atom stereocenters. The van der Waals surface area contributed by atoms with Gasteiger partial charge in [0.15, 0.2) is 0 Å². The van der Waals surface area contributed by atoms with Gasteiger partial charge in [-0.25, -0.2) is 0 Å². The smallest absolute Gasteiger partial charge is 0.270 e. The number of benzene rings is 1. The number of non-ortho nitro benzene ring substituents is 1. The Bertz CT molecular complexity index is 956. The van der Waals surface area contributed by atoms with Crippen LogP contribution in [0.2, 0.25) is 0 Å². The molecule has 2 fully saturated rings. The van der Waals surface area contributed by atoms with Crippen LogP contribution < -0.4 is 16.6 Å². The van der Waals surface area contributed by atoms with Crippen molar-refractivity contribution in [3.8, 4) is 0 Å². The number of nitrogens with two attached hydrogens (primary N) is 1. The second kappa shape index (κ2) is 6.77. The summed E-state index contributed by atoms with van der Waals surface area (Å²) in [5.74, 6) is 0.335.